The molecule has 0 saturated heterocycles. The number of nitrogens with zero attached hydrogens (tertiary/aromatic N) is 1. The Morgan fingerprint density at radius 3 is 2.30 bits per heavy atom. The van der Waals surface area contributed by atoms with Gasteiger partial charge < -0.3 is 4.74 Å². The van der Waals surface area contributed by atoms with E-state index in [-0.39, 0.29) is 27.6 Å². The Morgan fingerprint density at radius 2 is 1.64 bits per heavy atom. The third-order valence-corrected chi connectivity index (χ3v) is 8.71. The summed E-state index contributed by atoms with van der Waals surface area (Å²) in [5, 5.41) is 0. The number of nitrogens with one attached hydrogen (secondary N) is 1. The molecule has 3 aromatic carbocycles. The summed E-state index contributed by atoms with van der Waals surface area (Å²) in [5.41, 5.74) is 1.65. The largest absolute Gasteiger partial charge is 0.497 e. The van der Waals surface area contributed by atoms with Gasteiger partial charge in [-0.3, -0.25) is 9.03 Å². The number of fused-ring (bicyclic) bond motifs is 1. The first-order valence-corrected chi connectivity index (χ1v) is 13.1. The molecule has 1 aliphatic rings. The average molecular weight is 491 g/mol. The van der Waals surface area contributed by atoms with Crippen LogP contribution in [0.2, 0.25) is 0 Å². The number of ether oxygens (including phenoxy) is 1. The van der Waals surface area contributed by atoms with Crippen molar-refractivity contribution in [3.8, 4) is 5.75 Å². The molecule has 0 atom stereocenters. The molecule has 3 aromatic rings. The number of sulfonamides is 2. The minimum atomic E-state index is -3.99. The zero-order chi connectivity index (χ0) is 23.8. The monoisotopic (exact) mass is 490 g/mol. The molecule has 7 nitrogen and oxygen atoms in total. The highest BCUT2D eigenvalue weighted by Crippen LogP contribution is 2.35. The van der Waals surface area contributed by atoms with Crippen LogP contribution in [0.5, 0.6) is 5.75 Å². The van der Waals surface area contributed by atoms with Crippen LogP contribution in [0.4, 0.5) is 15.8 Å². The van der Waals surface area contributed by atoms with Crippen LogP contribution in [0.25, 0.3) is 0 Å². The average Bonchev–Trinajstić information content (AvgIpc) is 2.80. The molecule has 0 saturated carbocycles. The zero-order valence-corrected chi connectivity index (χ0v) is 19.7. The van der Waals surface area contributed by atoms with Crippen molar-refractivity contribution in [2.24, 2.45) is 0 Å². The van der Waals surface area contributed by atoms with Crippen LogP contribution < -0.4 is 13.8 Å². The minimum absolute atomic E-state index is 0.0816. The maximum Gasteiger partial charge on any atom is 0.264 e. The molecule has 174 valence electrons. The second-order valence-corrected chi connectivity index (χ2v) is 11.3. The van der Waals surface area contributed by atoms with Crippen LogP contribution in [-0.2, 0) is 26.5 Å². The van der Waals surface area contributed by atoms with Crippen molar-refractivity contribution in [2.45, 2.75) is 29.6 Å². The zero-order valence-electron chi connectivity index (χ0n) is 18.1. The van der Waals surface area contributed by atoms with Gasteiger partial charge in [-0.25, -0.2) is 21.2 Å². The third kappa shape index (κ3) is 4.53. The Bertz CT molecular complexity index is 1410. The molecule has 0 aliphatic carbocycles. The van der Waals surface area contributed by atoms with Crippen molar-refractivity contribution in [3.05, 3.63) is 77.6 Å². The van der Waals surface area contributed by atoms with Crippen LogP contribution >= 0.6 is 0 Å². The fraction of sp³-hybridized carbons (Fsp3) is 0.217. The van der Waals surface area contributed by atoms with Crippen LogP contribution in [-0.4, -0.2) is 30.5 Å². The van der Waals surface area contributed by atoms with Gasteiger partial charge in [-0.15, -0.1) is 0 Å². The maximum atomic E-state index is 13.6. The standard InChI is InChI=1S/C23H23FN2O5S2/c1-16-14-21(11-12-22(16)24)32(27,28)25-18-6-5-17-4-3-13-26(23(17)15-18)33(29,30)20-9-7-19(31-2)8-10-20/h5-12,14-15,25H,3-4,13H2,1-2H3. The molecular weight excluding hydrogens is 467 g/mol. The second-order valence-electron chi connectivity index (χ2n) is 7.72. The summed E-state index contributed by atoms with van der Waals surface area (Å²) in [6, 6.07) is 14.5. The van der Waals surface area contributed by atoms with Gasteiger partial charge in [0.2, 0.25) is 0 Å². The Balaban J connectivity index is 1.69. The smallest absolute Gasteiger partial charge is 0.264 e. The molecule has 0 radical (unpaired) electrons. The van der Waals surface area contributed by atoms with E-state index >= 15 is 0 Å². The minimum Gasteiger partial charge on any atom is -0.497 e. The summed E-state index contributed by atoms with van der Waals surface area (Å²) < 4.78 is 74.8. The molecule has 1 heterocycles. The van der Waals surface area contributed by atoms with Gasteiger partial charge in [-0.2, -0.15) is 0 Å². The number of rotatable bonds is 6. The highest BCUT2D eigenvalue weighted by molar-refractivity contribution is 7.93. The van der Waals surface area contributed by atoms with Gasteiger partial charge in [0.05, 0.1) is 28.3 Å². The van der Waals surface area contributed by atoms with Gasteiger partial charge in [-0.05, 0) is 85.5 Å². The highest BCUT2D eigenvalue weighted by atomic mass is 32.2. The highest BCUT2D eigenvalue weighted by Gasteiger charge is 2.30. The summed E-state index contributed by atoms with van der Waals surface area (Å²) in [5.74, 6) is 0.0443. The van der Waals surface area contributed by atoms with Crippen molar-refractivity contribution in [1.82, 2.24) is 0 Å². The van der Waals surface area contributed by atoms with E-state index in [9.17, 15) is 21.2 Å². The maximum absolute atomic E-state index is 13.6. The van der Waals surface area contributed by atoms with E-state index in [1.807, 2.05) is 0 Å². The van der Waals surface area contributed by atoms with Crippen LogP contribution in [0, 0.1) is 12.7 Å². The predicted octanol–water partition coefficient (Wildman–Crippen LogP) is 4.09. The van der Waals surface area contributed by atoms with Crippen molar-refractivity contribution >= 4 is 31.4 Å². The quantitative estimate of drug-likeness (QED) is 0.562. The number of methoxy groups -OCH3 is 1. The Kier molecular flexibility index (Phi) is 6.06. The van der Waals surface area contributed by atoms with E-state index in [1.165, 1.54) is 48.7 Å². The number of halogens is 1. The first-order chi connectivity index (χ1) is 15.6. The number of benzene rings is 3. The van der Waals surface area contributed by atoms with E-state index in [0.717, 1.165) is 11.6 Å². The number of hydrogen-bond acceptors (Lipinski definition) is 5. The van der Waals surface area contributed by atoms with Crippen molar-refractivity contribution in [2.75, 3.05) is 22.7 Å². The lowest BCUT2D eigenvalue weighted by Crippen LogP contribution is -2.35. The molecule has 0 bridgehead atoms. The molecule has 1 N–H and O–H groups in total. The predicted molar refractivity (Wildman–Crippen MR) is 124 cm³/mol. The lowest BCUT2D eigenvalue weighted by atomic mass is 10.0. The molecular formula is C23H23FN2O5S2. The van der Waals surface area contributed by atoms with E-state index in [2.05, 4.69) is 4.72 Å². The van der Waals surface area contributed by atoms with Crippen LogP contribution in [0.3, 0.4) is 0 Å². The lowest BCUT2D eigenvalue weighted by Gasteiger charge is -2.31. The van der Waals surface area contributed by atoms with Crippen LogP contribution in [0.15, 0.2) is 70.5 Å². The molecule has 0 fully saturated rings. The van der Waals surface area contributed by atoms with Gasteiger partial charge >= 0.3 is 0 Å². The topological polar surface area (TPSA) is 92.8 Å². The fourth-order valence-corrected chi connectivity index (χ4v) is 6.39. The van der Waals surface area contributed by atoms with Gasteiger partial charge in [0, 0.05) is 6.54 Å². The number of anilines is 2. The summed E-state index contributed by atoms with van der Waals surface area (Å²) in [6.45, 7) is 1.75. The lowest BCUT2D eigenvalue weighted by molar-refractivity contribution is 0.414. The normalized spacial score (nSPS) is 14.0. The Morgan fingerprint density at radius 1 is 0.939 bits per heavy atom. The first-order valence-electron chi connectivity index (χ1n) is 10.2. The Hall–Kier alpha value is -3.11. The molecule has 0 aromatic heterocycles. The van der Waals surface area contributed by atoms with E-state index < -0.39 is 25.9 Å². The molecule has 0 unspecified atom stereocenters. The fourth-order valence-electron chi connectivity index (χ4n) is 3.73. The molecule has 33 heavy (non-hydrogen) atoms. The van der Waals surface area contributed by atoms with Crippen molar-refractivity contribution < 1.29 is 26.0 Å². The molecule has 1 aliphatic heterocycles. The third-order valence-electron chi connectivity index (χ3n) is 5.50. The van der Waals surface area contributed by atoms with Crippen molar-refractivity contribution in [3.63, 3.8) is 0 Å². The van der Waals surface area contributed by atoms with Gasteiger partial charge in [-0.1, -0.05) is 6.07 Å². The Labute approximate surface area is 192 Å². The van der Waals surface area contributed by atoms with Crippen LogP contribution in [0.1, 0.15) is 17.5 Å². The molecule has 4 rings (SSSR count). The molecule has 0 spiro atoms. The SMILES string of the molecule is COc1ccc(S(=O)(=O)N2CCCc3ccc(NS(=O)(=O)c4ccc(F)c(C)c4)cc32)cc1. The second kappa shape index (κ2) is 8.68. The summed E-state index contributed by atoms with van der Waals surface area (Å²) in [7, 11) is -6.35. The number of hydrogen-bond donors (Lipinski definition) is 1. The van der Waals surface area contributed by atoms with E-state index in [1.54, 1.807) is 24.3 Å². The van der Waals surface area contributed by atoms with Gasteiger partial charge in [0.15, 0.2) is 0 Å². The van der Waals surface area contributed by atoms with Crippen molar-refractivity contribution in [1.29, 1.82) is 0 Å². The van der Waals surface area contributed by atoms with E-state index in [0.29, 0.717) is 24.3 Å². The van der Waals surface area contributed by atoms with Gasteiger partial charge in [0.25, 0.3) is 20.0 Å². The van der Waals surface area contributed by atoms with Gasteiger partial charge in [0.1, 0.15) is 11.6 Å². The number of aryl methyl sites for hydroxylation is 2. The van der Waals surface area contributed by atoms with E-state index in [4.69, 9.17) is 4.74 Å². The summed E-state index contributed by atoms with van der Waals surface area (Å²) in [4.78, 5) is 0.0331. The molecule has 0 amide bonds. The summed E-state index contributed by atoms with van der Waals surface area (Å²) >= 11 is 0. The summed E-state index contributed by atoms with van der Waals surface area (Å²) in [6.07, 6.45) is 1.32. The molecule has 10 heteroatoms. The first kappa shape index (κ1) is 23.1.